The molecule has 1 aromatic rings. The van der Waals surface area contributed by atoms with E-state index in [4.69, 9.17) is 4.52 Å². The Morgan fingerprint density at radius 3 is 2.59 bits per heavy atom. The normalized spacial score (nSPS) is 11.7. The zero-order chi connectivity index (χ0) is 19.9. The molecule has 1 heterocycles. The minimum atomic E-state index is -0.130. The summed E-state index contributed by atoms with van der Waals surface area (Å²) < 4.78 is 10.1. The van der Waals surface area contributed by atoms with Crippen LogP contribution < -0.4 is 10.6 Å². The molecule has 0 amide bonds. The second-order valence-corrected chi connectivity index (χ2v) is 6.59. The lowest BCUT2D eigenvalue weighted by Gasteiger charge is -2.10. The predicted octanol–water partition coefficient (Wildman–Crippen LogP) is 3.76. The summed E-state index contributed by atoms with van der Waals surface area (Å²) in [6.07, 6.45) is 6.65. The van der Waals surface area contributed by atoms with Crippen LogP contribution in [0.3, 0.4) is 0 Å². The molecule has 0 aliphatic heterocycles. The van der Waals surface area contributed by atoms with Crippen molar-refractivity contribution in [2.75, 3.05) is 20.2 Å². The molecule has 0 bridgehead atoms. The number of nitrogens with zero attached hydrogens (tertiary/aromatic N) is 2. The highest BCUT2D eigenvalue weighted by Gasteiger charge is 2.12. The predicted molar refractivity (Wildman–Crippen MR) is 108 cm³/mol. The fourth-order valence-electron chi connectivity index (χ4n) is 2.86. The number of methoxy groups -OCH3 is 1. The first-order valence-electron chi connectivity index (χ1n) is 10.2. The highest BCUT2D eigenvalue weighted by Crippen LogP contribution is 2.22. The lowest BCUT2D eigenvalue weighted by atomic mass is 9.99. The van der Waals surface area contributed by atoms with Crippen molar-refractivity contribution in [3.8, 4) is 0 Å². The van der Waals surface area contributed by atoms with Gasteiger partial charge in [-0.3, -0.25) is 4.79 Å². The van der Waals surface area contributed by atoms with E-state index in [0.717, 1.165) is 69.0 Å². The molecule has 0 saturated heterocycles. The molecule has 7 heteroatoms. The van der Waals surface area contributed by atoms with Crippen LogP contribution in [0.5, 0.6) is 0 Å². The van der Waals surface area contributed by atoms with Gasteiger partial charge in [0.25, 0.3) is 0 Å². The molecule has 0 spiro atoms. The Morgan fingerprint density at radius 1 is 1.19 bits per heavy atom. The van der Waals surface area contributed by atoms with Crippen molar-refractivity contribution < 1.29 is 14.1 Å². The van der Waals surface area contributed by atoms with Crippen molar-refractivity contribution in [1.29, 1.82) is 0 Å². The second kappa shape index (κ2) is 14.1. The summed E-state index contributed by atoms with van der Waals surface area (Å²) in [6.45, 7) is 8.51. The summed E-state index contributed by atoms with van der Waals surface area (Å²) in [4.78, 5) is 15.6. The SMILES string of the molecule is CCNC(=NCc1cc(C(CC)CC)no1)NCCCCCCC(=O)OC. The molecule has 0 aliphatic carbocycles. The van der Waals surface area contributed by atoms with Gasteiger partial charge in [0, 0.05) is 31.5 Å². The molecule has 0 aromatic carbocycles. The van der Waals surface area contributed by atoms with Crippen LogP contribution in [-0.2, 0) is 16.1 Å². The van der Waals surface area contributed by atoms with E-state index in [1.165, 1.54) is 7.11 Å². The smallest absolute Gasteiger partial charge is 0.305 e. The molecule has 0 fully saturated rings. The summed E-state index contributed by atoms with van der Waals surface area (Å²) >= 11 is 0. The Hall–Kier alpha value is -2.05. The Kier molecular flexibility index (Phi) is 12.0. The van der Waals surface area contributed by atoms with Crippen molar-refractivity contribution in [1.82, 2.24) is 15.8 Å². The number of unbranched alkanes of at least 4 members (excludes halogenated alkanes) is 3. The zero-order valence-electron chi connectivity index (χ0n) is 17.3. The lowest BCUT2D eigenvalue weighted by Crippen LogP contribution is -2.37. The van der Waals surface area contributed by atoms with Crippen LogP contribution in [0.2, 0.25) is 0 Å². The third-order valence-corrected chi connectivity index (χ3v) is 4.55. The van der Waals surface area contributed by atoms with Gasteiger partial charge >= 0.3 is 5.97 Å². The van der Waals surface area contributed by atoms with Crippen molar-refractivity contribution in [2.45, 2.75) is 78.2 Å². The maximum atomic E-state index is 11.1. The maximum absolute atomic E-state index is 11.1. The van der Waals surface area contributed by atoms with Gasteiger partial charge in [-0.2, -0.15) is 0 Å². The number of esters is 1. The molecule has 0 aliphatic rings. The fraction of sp³-hybridized carbons (Fsp3) is 0.750. The number of hydrogen-bond donors (Lipinski definition) is 2. The minimum absolute atomic E-state index is 0.130. The number of guanidine groups is 1. The summed E-state index contributed by atoms with van der Waals surface area (Å²) in [5.41, 5.74) is 1.02. The number of aromatic nitrogens is 1. The molecular formula is C20H36N4O3. The highest BCUT2D eigenvalue weighted by molar-refractivity contribution is 5.79. The number of rotatable bonds is 13. The summed E-state index contributed by atoms with van der Waals surface area (Å²) in [5.74, 6) is 1.90. The standard InChI is InChI=1S/C20H36N4O3/c1-5-16(6-2)18-14-17(27-24-18)15-23-20(21-7-3)22-13-11-9-8-10-12-19(25)26-4/h14,16H,5-13,15H2,1-4H3,(H2,21,22,23). The van der Waals surface area contributed by atoms with Crippen LogP contribution in [0.25, 0.3) is 0 Å². The van der Waals surface area contributed by atoms with E-state index in [0.29, 0.717) is 18.9 Å². The second-order valence-electron chi connectivity index (χ2n) is 6.59. The third-order valence-electron chi connectivity index (χ3n) is 4.55. The molecule has 2 N–H and O–H groups in total. The number of hydrogen-bond acceptors (Lipinski definition) is 5. The van der Waals surface area contributed by atoms with E-state index < -0.39 is 0 Å². The molecule has 1 rings (SSSR count). The Balaban J connectivity index is 2.34. The molecule has 0 atom stereocenters. The Morgan fingerprint density at radius 2 is 1.93 bits per heavy atom. The van der Waals surface area contributed by atoms with Gasteiger partial charge in [0.05, 0.1) is 12.8 Å². The van der Waals surface area contributed by atoms with Gasteiger partial charge in [-0.1, -0.05) is 31.8 Å². The molecular weight excluding hydrogens is 344 g/mol. The van der Waals surface area contributed by atoms with E-state index in [2.05, 4.69) is 39.4 Å². The van der Waals surface area contributed by atoms with Crippen LogP contribution in [0.4, 0.5) is 0 Å². The van der Waals surface area contributed by atoms with Crippen LogP contribution in [0.15, 0.2) is 15.6 Å². The van der Waals surface area contributed by atoms with Crippen molar-refractivity contribution >= 4 is 11.9 Å². The van der Waals surface area contributed by atoms with E-state index in [1.807, 2.05) is 13.0 Å². The average Bonchev–Trinajstić information content (AvgIpc) is 3.14. The number of aliphatic imine (C=N–C) groups is 1. The van der Waals surface area contributed by atoms with Gasteiger partial charge in [-0.15, -0.1) is 0 Å². The van der Waals surface area contributed by atoms with Gasteiger partial charge in [0.15, 0.2) is 11.7 Å². The van der Waals surface area contributed by atoms with Crippen molar-refractivity contribution in [2.24, 2.45) is 4.99 Å². The fourth-order valence-corrected chi connectivity index (χ4v) is 2.86. The molecule has 154 valence electrons. The van der Waals surface area contributed by atoms with Crippen LogP contribution in [0.1, 0.15) is 83.1 Å². The number of carbonyl (C=O) groups is 1. The van der Waals surface area contributed by atoms with Gasteiger partial charge in [-0.05, 0) is 32.6 Å². The van der Waals surface area contributed by atoms with Gasteiger partial charge in [-0.25, -0.2) is 4.99 Å². The first-order chi connectivity index (χ1) is 13.1. The molecule has 0 saturated carbocycles. The van der Waals surface area contributed by atoms with E-state index >= 15 is 0 Å². The number of ether oxygens (including phenoxy) is 1. The number of carbonyl (C=O) groups excluding carboxylic acids is 1. The Bertz CT molecular complexity index is 553. The van der Waals surface area contributed by atoms with Gasteiger partial charge < -0.3 is 19.9 Å². The zero-order valence-corrected chi connectivity index (χ0v) is 17.3. The third kappa shape index (κ3) is 9.45. The molecule has 27 heavy (non-hydrogen) atoms. The van der Waals surface area contributed by atoms with Crippen molar-refractivity contribution in [3.05, 3.63) is 17.5 Å². The topological polar surface area (TPSA) is 88.8 Å². The molecule has 1 aromatic heterocycles. The van der Waals surface area contributed by atoms with Gasteiger partial charge in [0.2, 0.25) is 0 Å². The van der Waals surface area contributed by atoms with Crippen LogP contribution in [0, 0.1) is 0 Å². The summed E-state index contributed by atoms with van der Waals surface area (Å²) in [5, 5.41) is 10.8. The van der Waals surface area contributed by atoms with E-state index in [1.54, 1.807) is 0 Å². The first kappa shape index (κ1) is 23.0. The van der Waals surface area contributed by atoms with Gasteiger partial charge in [0.1, 0.15) is 6.54 Å². The van der Waals surface area contributed by atoms with Crippen molar-refractivity contribution in [3.63, 3.8) is 0 Å². The van der Waals surface area contributed by atoms with E-state index in [9.17, 15) is 4.79 Å². The van der Waals surface area contributed by atoms with E-state index in [-0.39, 0.29) is 5.97 Å². The lowest BCUT2D eigenvalue weighted by molar-refractivity contribution is -0.140. The average molecular weight is 381 g/mol. The molecule has 0 unspecified atom stereocenters. The largest absolute Gasteiger partial charge is 0.469 e. The van der Waals surface area contributed by atoms with Crippen LogP contribution in [-0.4, -0.2) is 37.3 Å². The maximum Gasteiger partial charge on any atom is 0.305 e. The summed E-state index contributed by atoms with van der Waals surface area (Å²) in [6, 6.07) is 2.02. The minimum Gasteiger partial charge on any atom is -0.469 e. The summed E-state index contributed by atoms with van der Waals surface area (Å²) in [7, 11) is 1.43. The first-order valence-corrected chi connectivity index (χ1v) is 10.2. The highest BCUT2D eigenvalue weighted by atomic mass is 16.5. The molecule has 0 radical (unpaired) electrons. The number of nitrogens with one attached hydrogen (secondary N) is 2. The molecule has 7 nitrogen and oxygen atoms in total. The quantitative estimate of drug-likeness (QED) is 0.234. The van der Waals surface area contributed by atoms with Crippen LogP contribution >= 0.6 is 0 Å². The monoisotopic (exact) mass is 380 g/mol. The Labute approximate surface area is 163 Å².